The minimum atomic E-state index is -0.163. The number of carbonyl (C=O) groups excluding carboxylic acids is 2. The molecule has 1 aromatic rings. The normalized spacial score (nSPS) is 21.7. The van der Waals surface area contributed by atoms with Crippen LogP contribution in [0.5, 0.6) is 0 Å². The third-order valence-electron chi connectivity index (χ3n) is 4.64. The maximum atomic E-state index is 12.4. The Labute approximate surface area is 137 Å². The quantitative estimate of drug-likeness (QED) is 0.834. The maximum Gasteiger partial charge on any atom is 0.255 e. The molecule has 1 heterocycles. The number of nitrogens with one attached hydrogen (secondary N) is 2. The second-order valence-electron chi connectivity index (χ2n) is 6.72. The van der Waals surface area contributed by atoms with Crippen molar-refractivity contribution in [2.75, 3.05) is 6.54 Å². The van der Waals surface area contributed by atoms with Crippen LogP contribution in [0.1, 0.15) is 43.2 Å². The molecule has 2 aliphatic rings. The molecular formula is C18H25N3O2. The highest BCUT2D eigenvalue weighted by atomic mass is 16.2. The molecule has 124 valence electrons. The van der Waals surface area contributed by atoms with Crippen LogP contribution in [-0.4, -0.2) is 29.3 Å². The van der Waals surface area contributed by atoms with Gasteiger partial charge in [-0.05, 0) is 44.7 Å². The Bertz CT molecular complexity index is 583. The second-order valence-corrected chi connectivity index (χ2v) is 6.72. The highest BCUT2D eigenvalue weighted by Crippen LogP contribution is 2.28. The third-order valence-corrected chi connectivity index (χ3v) is 4.64. The minimum Gasteiger partial charge on any atom is -0.288 e. The zero-order chi connectivity index (χ0) is 16.2. The molecule has 3 rings (SSSR count). The van der Waals surface area contributed by atoms with Crippen LogP contribution >= 0.6 is 0 Å². The maximum absolute atomic E-state index is 12.4. The van der Waals surface area contributed by atoms with Crippen molar-refractivity contribution < 1.29 is 9.59 Å². The van der Waals surface area contributed by atoms with Gasteiger partial charge in [0.25, 0.3) is 5.91 Å². The van der Waals surface area contributed by atoms with Crippen molar-refractivity contribution in [3.05, 3.63) is 35.4 Å². The highest BCUT2D eigenvalue weighted by molar-refractivity contribution is 5.86. The minimum absolute atomic E-state index is 0.0561. The van der Waals surface area contributed by atoms with Crippen LogP contribution < -0.4 is 10.9 Å². The molecule has 1 unspecified atom stereocenters. The number of rotatable bonds is 4. The van der Waals surface area contributed by atoms with Gasteiger partial charge in [-0.2, -0.15) is 0 Å². The SMILES string of the molecule is Cc1cccc(CN2CCCCC2C(=O)NNC(=O)C2CC2)c1. The smallest absolute Gasteiger partial charge is 0.255 e. The summed E-state index contributed by atoms with van der Waals surface area (Å²) in [7, 11) is 0. The van der Waals surface area contributed by atoms with E-state index in [1.54, 1.807) is 0 Å². The lowest BCUT2D eigenvalue weighted by Gasteiger charge is -2.34. The van der Waals surface area contributed by atoms with Gasteiger partial charge in [0.2, 0.25) is 5.91 Å². The van der Waals surface area contributed by atoms with Gasteiger partial charge in [-0.15, -0.1) is 0 Å². The summed E-state index contributed by atoms with van der Waals surface area (Å²) in [4.78, 5) is 26.3. The Morgan fingerprint density at radius 3 is 2.65 bits per heavy atom. The predicted octanol–water partition coefficient (Wildman–Crippen LogP) is 1.91. The Morgan fingerprint density at radius 1 is 1.13 bits per heavy atom. The number of carbonyl (C=O) groups is 2. The fourth-order valence-electron chi connectivity index (χ4n) is 3.18. The lowest BCUT2D eigenvalue weighted by atomic mass is 10.0. The number of amides is 2. The summed E-state index contributed by atoms with van der Waals surface area (Å²) < 4.78 is 0. The monoisotopic (exact) mass is 315 g/mol. The average Bonchev–Trinajstić information content (AvgIpc) is 3.38. The van der Waals surface area contributed by atoms with Crippen molar-refractivity contribution in [1.82, 2.24) is 15.8 Å². The van der Waals surface area contributed by atoms with Gasteiger partial charge in [0.15, 0.2) is 0 Å². The van der Waals surface area contributed by atoms with E-state index in [9.17, 15) is 9.59 Å². The molecule has 2 fully saturated rings. The van der Waals surface area contributed by atoms with Gasteiger partial charge in [0, 0.05) is 12.5 Å². The summed E-state index contributed by atoms with van der Waals surface area (Å²) in [6.07, 6.45) is 4.88. The molecule has 1 aromatic carbocycles. The summed E-state index contributed by atoms with van der Waals surface area (Å²) in [6, 6.07) is 8.24. The molecule has 1 saturated carbocycles. The lowest BCUT2D eigenvalue weighted by molar-refractivity contribution is -0.133. The summed E-state index contributed by atoms with van der Waals surface area (Å²) in [6.45, 7) is 3.77. The number of aryl methyl sites for hydroxylation is 1. The van der Waals surface area contributed by atoms with Crippen molar-refractivity contribution in [3.8, 4) is 0 Å². The van der Waals surface area contributed by atoms with Crippen molar-refractivity contribution >= 4 is 11.8 Å². The Kier molecular flexibility index (Phi) is 4.96. The van der Waals surface area contributed by atoms with Gasteiger partial charge in [0.1, 0.15) is 0 Å². The van der Waals surface area contributed by atoms with Crippen molar-refractivity contribution in [1.29, 1.82) is 0 Å². The van der Waals surface area contributed by atoms with Crippen molar-refractivity contribution in [3.63, 3.8) is 0 Å². The molecule has 1 aliphatic carbocycles. The molecule has 5 nitrogen and oxygen atoms in total. The molecular weight excluding hydrogens is 290 g/mol. The van der Waals surface area contributed by atoms with E-state index in [1.807, 2.05) is 0 Å². The van der Waals surface area contributed by atoms with E-state index in [1.165, 1.54) is 11.1 Å². The molecule has 0 aromatic heterocycles. The first-order chi connectivity index (χ1) is 11.1. The van der Waals surface area contributed by atoms with Gasteiger partial charge < -0.3 is 0 Å². The van der Waals surface area contributed by atoms with E-state index in [-0.39, 0.29) is 23.8 Å². The Morgan fingerprint density at radius 2 is 1.91 bits per heavy atom. The van der Waals surface area contributed by atoms with Crippen molar-refractivity contribution in [2.45, 2.75) is 51.6 Å². The summed E-state index contributed by atoms with van der Waals surface area (Å²) in [5, 5.41) is 0. The van der Waals surface area contributed by atoms with Gasteiger partial charge >= 0.3 is 0 Å². The number of piperidine rings is 1. The molecule has 2 amide bonds. The van der Waals surface area contributed by atoms with Crippen molar-refractivity contribution in [2.24, 2.45) is 5.92 Å². The number of nitrogens with zero attached hydrogens (tertiary/aromatic N) is 1. The fourth-order valence-corrected chi connectivity index (χ4v) is 3.18. The Balaban J connectivity index is 1.58. The molecule has 1 saturated heterocycles. The van der Waals surface area contributed by atoms with E-state index in [0.29, 0.717) is 0 Å². The van der Waals surface area contributed by atoms with Gasteiger partial charge in [-0.1, -0.05) is 36.2 Å². The average molecular weight is 315 g/mol. The third kappa shape index (κ3) is 4.32. The van der Waals surface area contributed by atoms with Gasteiger partial charge in [-0.3, -0.25) is 25.3 Å². The summed E-state index contributed by atoms with van der Waals surface area (Å²) in [5.41, 5.74) is 7.65. The van der Waals surface area contributed by atoms with Gasteiger partial charge in [-0.25, -0.2) is 0 Å². The van der Waals surface area contributed by atoms with Crippen LogP contribution in [0, 0.1) is 12.8 Å². The second kappa shape index (κ2) is 7.13. The van der Waals surface area contributed by atoms with E-state index in [4.69, 9.17) is 0 Å². The first kappa shape index (κ1) is 16.0. The molecule has 5 heteroatoms. The van der Waals surface area contributed by atoms with E-state index >= 15 is 0 Å². The highest BCUT2D eigenvalue weighted by Gasteiger charge is 2.32. The van der Waals surface area contributed by atoms with E-state index in [2.05, 4.69) is 46.9 Å². The zero-order valence-corrected chi connectivity index (χ0v) is 13.7. The molecule has 0 bridgehead atoms. The van der Waals surface area contributed by atoms with Crippen LogP contribution in [0.4, 0.5) is 0 Å². The first-order valence-electron chi connectivity index (χ1n) is 8.53. The van der Waals surface area contributed by atoms with E-state index < -0.39 is 0 Å². The number of hydrogen-bond acceptors (Lipinski definition) is 3. The summed E-state index contributed by atoms with van der Waals surface area (Å²) >= 11 is 0. The molecule has 2 N–H and O–H groups in total. The predicted molar refractivity (Wildman–Crippen MR) is 88.2 cm³/mol. The number of likely N-dealkylation sites (tertiary alicyclic amines) is 1. The van der Waals surface area contributed by atoms with Crippen LogP contribution in [0.2, 0.25) is 0 Å². The zero-order valence-electron chi connectivity index (χ0n) is 13.7. The Hall–Kier alpha value is -1.88. The molecule has 0 radical (unpaired) electrons. The van der Waals surface area contributed by atoms with Crippen LogP contribution in [0.15, 0.2) is 24.3 Å². The number of benzene rings is 1. The number of hydrazine groups is 1. The van der Waals surface area contributed by atoms with Crippen LogP contribution in [0.3, 0.4) is 0 Å². The largest absolute Gasteiger partial charge is 0.288 e. The molecule has 1 atom stereocenters. The molecule has 0 spiro atoms. The topological polar surface area (TPSA) is 61.4 Å². The van der Waals surface area contributed by atoms with Gasteiger partial charge in [0.05, 0.1) is 6.04 Å². The van der Waals surface area contributed by atoms with Crippen LogP contribution in [0.25, 0.3) is 0 Å². The van der Waals surface area contributed by atoms with E-state index in [0.717, 1.165) is 45.2 Å². The fraction of sp³-hybridized carbons (Fsp3) is 0.556. The molecule has 1 aliphatic heterocycles. The standard InChI is InChI=1S/C18H25N3O2/c1-13-5-4-6-14(11-13)12-21-10-3-2-7-16(21)18(23)20-19-17(22)15-8-9-15/h4-6,11,15-16H,2-3,7-10,12H2,1H3,(H,19,22)(H,20,23). The van der Waals surface area contributed by atoms with Crippen LogP contribution in [-0.2, 0) is 16.1 Å². The lowest BCUT2D eigenvalue weighted by Crippen LogP contribution is -2.53. The number of hydrogen-bond donors (Lipinski definition) is 2. The summed E-state index contributed by atoms with van der Waals surface area (Å²) in [5.74, 6) is -0.0456. The first-order valence-corrected chi connectivity index (χ1v) is 8.53. The molecule has 23 heavy (non-hydrogen) atoms.